The lowest BCUT2D eigenvalue weighted by molar-refractivity contribution is 0.0378. The van der Waals surface area contributed by atoms with E-state index in [9.17, 15) is 0 Å². The first-order chi connectivity index (χ1) is 13.4. The smallest absolute Gasteiger partial charge is 0.222 e. The maximum Gasteiger partial charge on any atom is 0.222 e. The fourth-order valence-electron chi connectivity index (χ4n) is 3.48. The zero-order valence-electron chi connectivity index (χ0n) is 15.5. The Bertz CT molecular complexity index is 717. The van der Waals surface area contributed by atoms with Gasteiger partial charge in [-0.05, 0) is 25.8 Å². The molecule has 0 aromatic carbocycles. The fourth-order valence-corrected chi connectivity index (χ4v) is 3.48. The Morgan fingerprint density at radius 2 is 2.04 bits per heavy atom. The molecule has 1 N–H and O–H groups in total. The second kappa shape index (κ2) is 9.16. The highest BCUT2D eigenvalue weighted by Crippen LogP contribution is 2.33. The molecule has 2 aliphatic rings. The Hall–Kier alpha value is -2.16. The van der Waals surface area contributed by atoms with Crippen LogP contribution in [-0.2, 0) is 9.47 Å². The Balaban J connectivity index is 1.41. The largest absolute Gasteiger partial charge is 0.379 e. The van der Waals surface area contributed by atoms with Crippen LogP contribution in [0.2, 0.25) is 0 Å². The van der Waals surface area contributed by atoms with Gasteiger partial charge in [0.1, 0.15) is 6.10 Å². The molecule has 27 heavy (non-hydrogen) atoms. The standard InChI is InChI=1S/C19H26N6O2/c1-3-17(27-10-1)18-15(16-14-20-5-6-21-16)13-23-19(24-18)22-4-2-7-25-8-11-26-12-9-25/h5-6,13-14,17H,1-4,7-12H2,(H,22,23,24)/t17-/m0/s1. The highest BCUT2D eigenvalue weighted by molar-refractivity contribution is 5.61. The Morgan fingerprint density at radius 3 is 2.81 bits per heavy atom. The molecule has 2 fully saturated rings. The second-order valence-electron chi connectivity index (χ2n) is 6.82. The monoisotopic (exact) mass is 370 g/mol. The number of morpholine rings is 1. The van der Waals surface area contributed by atoms with Crippen molar-refractivity contribution in [2.24, 2.45) is 0 Å². The predicted octanol–water partition coefficient (Wildman–Crippen LogP) is 1.92. The number of ether oxygens (including phenoxy) is 2. The van der Waals surface area contributed by atoms with E-state index in [2.05, 4.69) is 25.2 Å². The lowest BCUT2D eigenvalue weighted by Crippen LogP contribution is -2.37. The van der Waals surface area contributed by atoms with Crippen LogP contribution in [0.5, 0.6) is 0 Å². The van der Waals surface area contributed by atoms with Crippen LogP contribution >= 0.6 is 0 Å². The number of hydrogen-bond acceptors (Lipinski definition) is 8. The van der Waals surface area contributed by atoms with Crippen LogP contribution in [0.25, 0.3) is 11.3 Å². The number of aromatic nitrogens is 4. The number of nitrogens with zero attached hydrogens (tertiary/aromatic N) is 5. The van der Waals surface area contributed by atoms with E-state index in [1.54, 1.807) is 18.6 Å². The van der Waals surface area contributed by atoms with E-state index in [1.165, 1.54) is 0 Å². The topological polar surface area (TPSA) is 85.3 Å². The van der Waals surface area contributed by atoms with Crippen molar-refractivity contribution in [2.75, 3.05) is 51.3 Å². The van der Waals surface area contributed by atoms with Crippen LogP contribution in [0.3, 0.4) is 0 Å². The molecule has 0 saturated carbocycles. The summed E-state index contributed by atoms with van der Waals surface area (Å²) in [5, 5.41) is 3.36. The van der Waals surface area contributed by atoms with Gasteiger partial charge in [-0.3, -0.25) is 14.9 Å². The molecule has 0 amide bonds. The molecule has 0 spiro atoms. The molecular weight excluding hydrogens is 344 g/mol. The Kier molecular flexibility index (Phi) is 6.18. The fraction of sp³-hybridized carbons (Fsp3) is 0.579. The summed E-state index contributed by atoms with van der Waals surface area (Å²) in [6, 6.07) is 0. The second-order valence-corrected chi connectivity index (χ2v) is 6.82. The van der Waals surface area contributed by atoms with Gasteiger partial charge in [-0.1, -0.05) is 0 Å². The van der Waals surface area contributed by atoms with Crippen molar-refractivity contribution in [3.8, 4) is 11.3 Å². The molecule has 2 saturated heterocycles. The lowest BCUT2D eigenvalue weighted by atomic mass is 10.1. The van der Waals surface area contributed by atoms with Gasteiger partial charge >= 0.3 is 0 Å². The third-order valence-corrected chi connectivity index (χ3v) is 4.93. The van der Waals surface area contributed by atoms with Crippen molar-refractivity contribution in [3.63, 3.8) is 0 Å². The molecule has 0 bridgehead atoms. The highest BCUT2D eigenvalue weighted by Gasteiger charge is 2.24. The number of anilines is 1. The predicted molar refractivity (Wildman–Crippen MR) is 101 cm³/mol. The number of nitrogens with one attached hydrogen (secondary N) is 1. The molecule has 0 radical (unpaired) electrons. The van der Waals surface area contributed by atoms with Gasteiger partial charge in [-0.15, -0.1) is 0 Å². The third kappa shape index (κ3) is 4.77. The zero-order valence-corrected chi connectivity index (χ0v) is 15.5. The molecule has 2 aliphatic heterocycles. The van der Waals surface area contributed by atoms with Crippen molar-refractivity contribution >= 4 is 5.95 Å². The maximum atomic E-state index is 5.88. The molecule has 4 rings (SSSR count). The molecule has 2 aromatic heterocycles. The summed E-state index contributed by atoms with van der Waals surface area (Å²) in [4.78, 5) is 20.3. The van der Waals surface area contributed by atoms with Gasteiger partial charge < -0.3 is 14.8 Å². The van der Waals surface area contributed by atoms with Gasteiger partial charge in [0.15, 0.2) is 0 Å². The molecule has 0 unspecified atom stereocenters. The van der Waals surface area contributed by atoms with E-state index >= 15 is 0 Å². The summed E-state index contributed by atoms with van der Waals surface area (Å²) in [5.41, 5.74) is 2.58. The molecule has 8 nitrogen and oxygen atoms in total. The SMILES string of the molecule is c1cnc(-c2cnc(NCCCN3CCOCC3)nc2[C@@H]2CCCO2)cn1. The summed E-state index contributed by atoms with van der Waals surface area (Å²) in [7, 11) is 0. The summed E-state index contributed by atoms with van der Waals surface area (Å²) >= 11 is 0. The minimum absolute atomic E-state index is 0.00101. The van der Waals surface area contributed by atoms with Crippen LogP contribution in [0.4, 0.5) is 5.95 Å². The van der Waals surface area contributed by atoms with Crippen LogP contribution in [0.15, 0.2) is 24.8 Å². The summed E-state index contributed by atoms with van der Waals surface area (Å²) in [6.45, 7) is 6.39. The highest BCUT2D eigenvalue weighted by atomic mass is 16.5. The molecule has 2 aromatic rings. The van der Waals surface area contributed by atoms with Gasteiger partial charge in [0.25, 0.3) is 0 Å². The molecule has 4 heterocycles. The molecule has 8 heteroatoms. The average Bonchev–Trinajstić information content (AvgIpc) is 3.27. The quantitative estimate of drug-likeness (QED) is 0.740. The van der Waals surface area contributed by atoms with Crippen LogP contribution in [0, 0.1) is 0 Å². The minimum Gasteiger partial charge on any atom is -0.379 e. The van der Waals surface area contributed by atoms with Crippen molar-refractivity contribution in [3.05, 3.63) is 30.5 Å². The Morgan fingerprint density at radius 1 is 1.11 bits per heavy atom. The number of hydrogen-bond donors (Lipinski definition) is 1. The van der Waals surface area contributed by atoms with Gasteiger partial charge in [0, 0.05) is 50.4 Å². The van der Waals surface area contributed by atoms with Crippen LogP contribution in [-0.4, -0.2) is 70.8 Å². The molecule has 144 valence electrons. The zero-order chi connectivity index (χ0) is 18.3. The Labute approximate surface area is 159 Å². The van der Waals surface area contributed by atoms with E-state index in [0.717, 1.165) is 82.2 Å². The molecule has 1 atom stereocenters. The summed E-state index contributed by atoms with van der Waals surface area (Å²) < 4.78 is 11.3. The van der Waals surface area contributed by atoms with Crippen molar-refractivity contribution < 1.29 is 9.47 Å². The first-order valence-corrected chi connectivity index (χ1v) is 9.69. The van der Waals surface area contributed by atoms with Gasteiger partial charge in [-0.2, -0.15) is 0 Å². The minimum atomic E-state index is -0.00101. The number of rotatable bonds is 7. The average molecular weight is 370 g/mol. The van der Waals surface area contributed by atoms with E-state index < -0.39 is 0 Å². The van der Waals surface area contributed by atoms with E-state index in [-0.39, 0.29) is 6.10 Å². The van der Waals surface area contributed by atoms with Crippen molar-refractivity contribution in [2.45, 2.75) is 25.4 Å². The summed E-state index contributed by atoms with van der Waals surface area (Å²) in [5.74, 6) is 0.648. The maximum absolute atomic E-state index is 5.88. The van der Waals surface area contributed by atoms with Crippen LogP contribution < -0.4 is 5.32 Å². The van der Waals surface area contributed by atoms with E-state index in [1.807, 2.05) is 6.20 Å². The van der Waals surface area contributed by atoms with Gasteiger partial charge in [-0.25, -0.2) is 9.97 Å². The van der Waals surface area contributed by atoms with Gasteiger partial charge in [0.2, 0.25) is 5.95 Å². The molecular formula is C19H26N6O2. The van der Waals surface area contributed by atoms with Gasteiger partial charge in [0.05, 0.1) is 30.8 Å². The van der Waals surface area contributed by atoms with E-state index in [0.29, 0.717) is 5.95 Å². The lowest BCUT2D eigenvalue weighted by Gasteiger charge is -2.26. The first kappa shape index (κ1) is 18.2. The van der Waals surface area contributed by atoms with Crippen LogP contribution in [0.1, 0.15) is 31.1 Å². The summed E-state index contributed by atoms with van der Waals surface area (Å²) in [6.07, 6.45) is 10.00. The third-order valence-electron chi connectivity index (χ3n) is 4.93. The van der Waals surface area contributed by atoms with E-state index in [4.69, 9.17) is 14.5 Å². The molecule has 0 aliphatic carbocycles. The van der Waals surface area contributed by atoms with Crippen molar-refractivity contribution in [1.29, 1.82) is 0 Å². The normalized spacial score (nSPS) is 20.7. The first-order valence-electron chi connectivity index (χ1n) is 9.69. The van der Waals surface area contributed by atoms with Crippen molar-refractivity contribution in [1.82, 2.24) is 24.8 Å².